The van der Waals surface area contributed by atoms with Crippen molar-refractivity contribution in [2.75, 3.05) is 0 Å². The zero-order chi connectivity index (χ0) is 13.1. The second kappa shape index (κ2) is 5.79. The Kier molecular flexibility index (Phi) is 3.88. The van der Waals surface area contributed by atoms with E-state index in [4.69, 9.17) is 0 Å². The van der Waals surface area contributed by atoms with Crippen LogP contribution in [0.1, 0.15) is 10.4 Å². The number of rotatable bonds is 4. The average molecular weight is 302 g/mol. The molecule has 19 heavy (non-hydrogen) atoms. The molecule has 0 saturated heterocycles. The maximum atomic E-state index is 11.3. The van der Waals surface area contributed by atoms with Gasteiger partial charge in [-0.3, -0.25) is 4.79 Å². The van der Waals surface area contributed by atoms with Gasteiger partial charge in [-0.2, -0.15) is 0 Å². The van der Waals surface area contributed by atoms with Crippen LogP contribution in [0.3, 0.4) is 0 Å². The van der Waals surface area contributed by atoms with Gasteiger partial charge in [0.15, 0.2) is 6.29 Å². The van der Waals surface area contributed by atoms with Crippen molar-refractivity contribution in [2.45, 2.75) is 0 Å². The van der Waals surface area contributed by atoms with E-state index in [0.29, 0.717) is 0 Å². The number of carbonyl (C=O) groups excluding carboxylic acids is 1. The van der Waals surface area contributed by atoms with E-state index in [0.717, 1.165) is 17.2 Å². The molecule has 0 spiro atoms. The first-order valence-corrected chi connectivity index (χ1v) is 8.91. The highest BCUT2D eigenvalue weighted by Crippen LogP contribution is 2.37. The van der Waals surface area contributed by atoms with Crippen molar-refractivity contribution in [1.29, 1.82) is 0 Å². The fourth-order valence-electron chi connectivity index (χ4n) is 1.93. The maximum Gasteiger partial charge on any atom is 0.150 e. The third kappa shape index (κ3) is 2.55. The van der Waals surface area contributed by atoms with E-state index in [-0.39, 0.29) is 0 Å². The number of benzene rings is 1. The topological polar surface area (TPSA) is 17.1 Å². The molecule has 94 valence electrons. The summed E-state index contributed by atoms with van der Waals surface area (Å²) in [4.78, 5) is 11.3. The molecular weight excluding hydrogens is 291 g/mol. The smallest absolute Gasteiger partial charge is 0.150 e. The van der Waals surface area contributed by atoms with Gasteiger partial charge >= 0.3 is 0 Å². The first-order valence-electron chi connectivity index (χ1n) is 5.81. The van der Waals surface area contributed by atoms with Gasteiger partial charge in [0.25, 0.3) is 0 Å². The minimum absolute atomic E-state index is 0.593. The van der Waals surface area contributed by atoms with Crippen molar-refractivity contribution in [1.82, 2.24) is 0 Å². The van der Waals surface area contributed by atoms with E-state index in [2.05, 4.69) is 41.1 Å². The standard InChI is InChI=1S/C15H11OPS2/c16-11-12-5-1-2-6-13(12)17(14-7-3-9-18-14)15-8-4-10-19-15/h1-11H. The molecule has 0 N–H and O–H groups in total. The Balaban J connectivity index is 2.17. The Morgan fingerprint density at radius 2 is 1.47 bits per heavy atom. The molecule has 0 radical (unpaired) electrons. The summed E-state index contributed by atoms with van der Waals surface area (Å²) in [5.41, 5.74) is 0.801. The Morgan fingerprint density at radius 3 is 2.00 bits per heavy atom. The predicted molar refractivity (Wildman–Crippen MR) is 86.3 cm³/mol. The van der Waals surface area contributed by atoms with Gasteiger partial charge in [-0.15, -0.1) is 22.7 Å². The third-order valence-corrected chi connectivity index (χ3v) is 7.90. The number of aldehydes is 1. The summed E-state index contributed by atoms with van der Waals surface area (Å²) in [6.07, 6.45) is 0.964. The summed E-state index contributed by atoms with van der Waals surface area (Å²) < 4.78 is 2.68. The van der Waals surface area contributed by atoms with Crippen LogP contribution in [0.2, 0.25) is 0 Å². The zero-order valence-electron chi connectivity index (χ0n) is 10.0. The van der Waals surface area contributed by atoms with E-state index >= 15 is 0 Å². The summed E-state index contributed by atoms with van der Waals surface area (Å²) >= 11 is 3.53. The monoisotopic (exact) mass is 302 g/mol. The van der Waals surface area contributed by atoms with Gasteiger partial charge in [-0.25, -0.2) is 0 Å². The predicted octanol–water partition coefficient (Wildman–Crippen LogP) is 3.38. The molecule has 0 saturated carbocycles. The molecule has 0 aliphatic rings. The molecule has 1 aromatic carbocycles. The number of hydrogen-bond acceptors (Lipinski definition) is 3. The van der Waals surface area contributed by atoms with Crippen molar-refractivity contribution in [2.24, 2.45) is 0 Å². The minimum Gasteiger partial charge on any atom is -0.298 e. The van der Waals surface area contributed by atoms with E-state index in [1.54, 1.807) is 22.7 Å². The van der Waals surface area contributed by atoms with Crippen LogP contribution < -0.4 is 14.5 Å². The molecule has 1 nitrogen and oxygen atoms in total. The third-order valence-electron chi connectivity index (χ3n) is 2.76. The molecule has 3 rings (SSSR count). The molecule has 0 aliphatic carbocycles. The Bertz CT molecular complexity index is 625. The fraction of sp³-hybridized carbons (Fsp3) is 0. The maximum absolute atomic E-state index is 11.3. The van der Waals surface area contributed by atoms with Crippen molar-refractivity contribution in [3.8, 4) is 0 Å². The molecule has 2 heterocycles. The minimum atomic E-state index is -0.593. The Morgan fingerprint density at radius 1 is 0.842 bits per heavy atom. The summed E-state index contributed by atoms with van der Waals surface area (Å²) in [5, 5.41) is 5.35. The van der Waals surface area contributed by atoms with Crippen LogP contribution in [0.25, 0.3) is 0 Å². The Hall–Kier alpha value is -1.28. The zero-order valence-corrected chi connectivity index (χ0v) is 12.6. The number of hydrogen-bond donors (Lipinski definition) is 0. The van der Waals surface area contributed by atoms with Gasteiger partial charge in [0.1, 0.15) is 0 Å². The molecule has 3 aromatic rings. The molecule has 0 bridgehead atoms. The van der Waals surface area contributed by atoms with Gasteiger partial charge in [0.05, 0.1) is 0 Å². The summed E-state index contributed by atoms with van der Waals surface area (Å²) in [5.74, 6) is 0. The lowest BCUT2D eigenvalue weighted by molar-refractivity contribution is 0.112. The van der Waals surface area contributed by atoms with Gasteiger partial charge in [-0.05, 0) is 28.2 Å². The number of thiophene rings is 2. The van der Waals surface area contributed by atoms with Crippen molar-refractivity contribution in [3.63, 3.8) is 0 Å². The van der Waals surface area contributed by atoms with E-state index in [1.807, 2.05) is 18.2 Å². The molecule has 0 aliphatic heterocycles. The highest BCUT2D eigenvalue weighted by molar-refractivity contribution is 7.87. The first kappa shape index (κ1) is 12.7. The lowest BCUT2D eigenvalue weighted by Gasteiger charge is -2.16. The van der Waals surface area contributed by atoms with Crippen molar-refractivity contribution >= 4 is 51.4 Å². The van der Waals surface area contributed by atoms with E-state index in [1.165, 1.54) is 9.24 Å². The fourth-order valence-corrected chi connectivity index (χ4v) is 7.18. The van der Waals surface area contributed by atoms with Crippen LogP contribution in [0.5, 0.6) is 0 Å². The Labute approximate surface area is 121 Å². The molecular formula is C15H11OPS2. The second-order valence-corrected chi connectivity index (χ2v) is 8.53. The van der Waals surface area contributed by atoms with Crippen LogP contribution in [0.4, 0.5) is 0 Å². The van der Waals surface area contributed by atoms with Gasteiger partial charge in [0.2, 0.25) is 0 Å². The molecule has 2 aromatic heterocycles. The van der Waals surface area contributed by atoms with E-state index in [9.17, 15) is 4.79 Å². The molecule has 4 heteroatoms. The van der Waals surface area contributed by atoms with Gasteiger partial charge in [0, 0.05) is 22.7 Å². The van der Waals surface area contributed by atoms with E-state index < -0.39 is 7.92 Å². The largest absolute Gasteiger partial charge is 0.298 e. The summed E-state index contributed by atoms with van der Waals surface area (Å²) in [7, 11) is -0.593. The summed E-state index contributed by atoms with van der Waals surface area (Å²) in [6.45, 7) is 0. The lowest BCUT2D eigenvalue weighted by Crippen LogP contribution is -2.19. The van der Waals surface area contributed by atoms with Crippen molar-refractivity contribution < 1.29 is 4.79 Å². The molecule has 0 atom stereocenters. The highest BCUT2D eigenvalue weighted by atomic mass is 32.1. The lowest BCUT2D eigenvalue weighted by atomic mass is 10.2. The van der Waals surface area contributed by atoms with Gasteiger partial charge in [-0.1, -0.05) is 36.4 Å². The van der Waals surface area contributed by atoms with Crippen LogP contribution >= 0.6 is 30.6 Å². The van der Waals surface area contributed by atoms with Crippen molar-refractivity contribution in [3.05, 3.63) is 64.9 Å². The summed E-state index contributed by atoms with van der Waals surface area (Å²) in [6, 6.07) is 16.4. The van der Waals surface area contributed by atoms with Crippen LogP contribution in [-0.4, -0.2) is 6.29 Å². The highest BCUT2D eigenvalue weighted by Gasteiger charge is 2.20. The molecule has 0 fully saturated rings. The SMILES string of the molecule is O=Cc1ccccc1P(c1cccs1)c1cccs1. The molecule has 0 amide bonds. The van der Waals surface area contributed by atoms with Crippen LogP contribution in [-0.2, 0) is 0 Å². The molecule has 0 unspecified atom stereocenters. The van der Waals surface area contributed by atoms with Gasteiger partial charge < -0.3 is 0 Å². The first-order chi connectivity index (χ1) is 9.40. The number of carbonyl (C=O) groups is 1. The van der Waals surface area contributed by atoms with Crippen LogP contribution in [0.15, 0.2) is 59.3 Å². The van der Waals surface area contributed by atoms with Crippen LogP contribution in [0, 0.1) is 0 Å². The average Bonchev–Trinajstić information content (AvgIpc) is 3.13. The quantitative estimate of drug-likeness (QED) is 0.533. The normalized spacial score (nSPS) is 10.8. The second-order valence-electron chi connectivity index (χ2n) is 3.91.